The fraction of sp³-hybridized carbons (Fsp3) is 0.143. The van der Waals surface area contributed by atoms with Gasteiger partial charge in [0.25, 0.3) is 0 Å². The summed E-state index contributed by atoms with van der Waals surface area (Å²) in [5.41, 5.74) is 1.04. The summed E-state index contributed by atoms with van der Waals surface area (Å²) >= 11 is 11.9. The zero-order valence-corrected chi connectivity index (χ0v) is 10.9. The van der Waals surface area contributed by atoms with E-state index in [1.165, 1.54) is 0 Å². The SMILES string of the molecule is OC(c1ccccc1)C(O)c1cccc(Cl)c1Cl. The molecule has 18 heavy (non-hydrogen) atoms. The molecule has 0 saturated heterocycles. The van der Waals surface area contributed by atoms with Crippen LogP contribution in [0.3, 0.4) is 0 Å². The normalized spacial score (nSPS) is 14.2. The van der Waals surface area contributed by atoms with Crippen LogP contribution in [0.4, 0.5) is 0 Å². The van der Waals surface area contributed by atoms with E-state index < -0.39 is 12.2 Å². The zero-order valence-electron chi connectivity index (χ0n) is 9.42. The molecule has 0 aliphatic heterocycles. The van der Waals surface area contributed by atoms with Crippen LogP contribution >= 0.6 is 23.2 Å². The Kier molecular flexibility index (Phi) is 4.25. The van der Waals surface area contributed by atoms with Gasteiger partial charge in [-0.3, -0.25) is 0 Å². The molecule has 0 heterocycles. The second kappa shape index (κ2) is 5.72. The van der Waals surface area contributed by atoms with Crippen LogP contribution in [0.1, 0.15) is 23.3 Å². The maximum atomic E-state index is 10.2. The zero-order chi connectivity index (χ0) is 13.1. The topological polar surface area (TPSA) is 40.5 Å². The van der Waals surface area contributed by atoms with Gasteiger partial charge in [-0.2, -0.15) is 0 Å². The summed E-state index contributed by atoms with van der Waals surface area (Å²) in [5.74, 6) is 0. The van der Waals surface area contributed by atoms with Crippen molar-refractivity contribution in [2.45, 2.75) is 12.2 Å². The number of hydrogen-bond donors (Lipinski definition) is 2. The Morgan fingerprint density at radius 1 is 0.778 bits per heavy atom. The molecule has 2 rings (SSSR count). The third kappa shape index (κ3) is 2.68. The first-order chi connectivity index (χ1) is 8.61. The lowest BCUT2D eigenvalue weighted by atomic mass is 9.98. The summed E-state index contributed by atoms with van der Waals surface area (Å²) in [7, 11) is 0. The smallest absolute Gasteiger partial charge is 0.111 e. The van der Waals surface area contributed by atoms with Gasteiger partial charge in [0.05, 0.1) is 10.0 Å². The van der Waals surface area contributed by atoms with Gasteiger partial charge in [-0.1, -0.05) is 65.7 Å². The molecule has 0 amide bonds. The van der Waals surface area contributed by atoms with Gasteiger partial charge < -0.3 is 10.2 Å². The molecule has 0 saturated carbocycles. The quantitative estimate of drug-likeness (QED) is 0.900. The molecule has 0 aliphatic carbocycles. The third-order valence-electron chi connectivity index (χ3n) is 2.74. The van der Waals surface area contributed by atoms with E-state index in [0.29, 0.717) is 16.1 Å². The standard InChI is InChI=1S/C14H12Cl2O2/c15-11-8-4-7-10(12(11)16)14(18)13(17)9-5-2-1-3-6-9/h1-8,13-14,17-18H. The number of aliphatic hydroxyl groups is 2. The Morgan fingerprint density at radius 2 is 1.44 bits per heavy atom. The first-order valence-electron chi connectivity index (χ1n) is 5.46. The van der Waals surface area contributed by atoms with Gasteiger partial charge in [0.15, 0.2) is 0 Å². The second-order valence-corrected chi connectivity index (χ2v) is 4.73. The molecule has 0 aliphatic rings. The number of halogens is 2. The summed E-state index contributed by atoms with van der Waals surface area (Å²) in [5, 5.41) is 20.9. The van der Waals surface area contributed by atoms with Gasteiger partial charge in [-0.25, -0.2) is 0 Å². The van der Waals surface area contributed by atoms with Crippen molar-refractivity contribution in [3.63, 3.8) is 0 Å². The fourth-order valence-electron chi connectivity index (χ4n) is 1.75. The van der Waals surface area contributed by atoms with E-state index in [-0.39, 0.29) is 5.02 Å². The Morgan fingerprint density at radius 3 is 2.11 bits per heavy atom. The van der Waals surface area contributed by atoms with Crippen molar-refractivity contribution >= 4 is 23.2 Å². The van der Waals surface area contributed by atoms with E-state index in [4.69, 9.17) is 23.2 Å². The average Bonchev–Trinajstić information content (AvgIpc) is 2.41. The molecule has 0 bridgehead atoms. The van der Waals surface area contributed by atoms with Crippen molar-refractivity contribution in [3.8, 4) is 0 Å². The number of benzene rings is 2. The van der Waals surface area contributed by atoms with Crippen LogP contribution < -0.4 is 0 Å². The van der Waals surface area contributed by atoms with Crippen molar-refractivity contribution < 1.29 is 10.2 Å². The highest BCUT2D eigenvalue weighted by Gasteiger charge is 2.22. The Bertz CT molecular complexity index is 529. The minimum atomic E-state index is -1.11. The van der Waals surface area contributed by atoms with Crippen LogP contribution in [0.5, 0.6) is 0 Å². The van der Waals surface area contributed by atoms with Gasteiger partial charge in [-0.15, -0.1) is 0 Å². The fourth-order valence-corrected chi connectivity index (χ4v) is 2.17. The van der Waals surface area contributed by atoms with Crippen LogP contribution in [0.15, 0.2) is 48.5 Å². The molecule has 2 aromatic carbocycles. The summed E-state index contributed by atoms with van der Waals surface area (Å²) in [4.78, 5) is 0. The molecule has 4 heteroatoms. The number of hydrogen-bond acceptors (Lipinski definition) is 2. The van der Waals surface area contributed by atoms with Gasteiger partial charge in [-0.05, 0) is 11.6 Å². The monoisotopic (exact) mass is 282 g/mol. The third-order valence-corrected chi connectivity index (χ3v) is 3.57. The van der Waals surface area contributed by atoms with E-state index in [1.807, 2.05) is 6.07 Å². The molecule has 2 nitrogen and oxygen atoms in total. The van der Waals surface area contributed by atoms with Crippen molar-refractivity contribution in [3.05, 3.63) is 69.7 Å². The van der Waals surface area contributed by atoms with Crippen LogP contribution in [-0.4, -0.2) is 10.2 Å². The highest BCUT2D eigenvalue weighted by atomic mass is 35.5. The minimum Gasteiger partial charge on any atom is -0.385 e. The highest BCUT2D eigenvalue weighted by Crippen LogP contribution is 2.35. The van der Waals surface area contributed by atoms with Crippen molar-refractivity contribution in [1.82, 2.24) is 0 Å². The van der Waals surface area contributed by atoms with Crippen LogP contribution in [-0.2, 0) is 0 Å². The number of rotatable bonds is 3. The average molecular weight is 283 g/mol. The Labute approximate surface area is 115 Å². The largest absolute Gasteiger partial charge is 0.385 e. The maximum absolute atomic E-state index is 10.2. The molecule has 0 radical (unpaired) electrons. The van der Waals surface area contributed by atoms with Gasteiger partial charge in [0, 0.05) is 5.56 Å². The van der Waals surface area contributed by atoms with Gasteiger partial charge in [0.1, 0.15) is 12.2 Å². The van der Waals surface area contributed by atoms with Crippen LogP contribution in [0.25, 0.3) is 0 Å². The van der Waals surface area contributed by atoms with Gasteiger partial charge >= 0.3 is 0 Å². The lowest BCUT2D eigenvalue weighted by Gasteiger charge is -2.19. The molecule has 2 unspecified atom stereocenters. The highest BCUT2D eigenvalue weighted by molar-refractivity contribution is 6.42. The first kappa shape index (κ1) is 13.4. The van der Waals surface area contributed by atoms with Crippen molar-refractivity contribution in [2.75, 3.05) is 0 Å². The second-order valence-electron chi connectivity index (χ2n) is 3.94. The van der Waals surface area contributed by atoms with Crippen LogP contribution in [0.2, 0.25) is 10.0 Å². The molecule has 0 fully saturated rings. The summed E-state index contributed by atoms with van der Waals surface area (Å²) in [6.07, 6.45) is -2.15. The Balaban J connectivity index is 2.31. The van der Waals surface area contributed by atoms with Crippen molar-refractivity contribution in [2.24, 2.45) is 0 Å². The summed E-state index contributed by atoms with van der Waals surface area (Å²) in [6.45, 7) is 0. The summed E-state index contributed by atoms with van der Waals surface area (Å²) in [6, 6.07) is 13.9. The van der Waals surface area contributed by atoms with E-state index in [2.05, 4.69) is 0 Å². The summed E-state index contributed by atoms with van der Waals surface area (Å²) < 4.78 is 0. The van der Waals surface area contributed by atoms with Crippen LogP contribution in [0, 0.1) is 0 Å². The maximum Gasteiger partial charge on any atom is 0.111 e. The molecule has 0 aromatic heterocycles. The van der Waals surface area contributed by atoms with E-state index in [1.54, 1.807) is 42.5 Å². The predicted octanol–water partition coefficient (Wildman–Crippen LogP) is 3.76. The minimum absolute atomic E-state index is 0.265. The van der Waals surface area contributed by atoms with E-state index >= 15 is 0 Å². The molecule has 94 valence electrons. The van der Waals surface area contributed by atoms with Gasteiger partial charge in [0.2, 0.25) is 0 Å². The predicted molar refractivity (Wildman–Crippen MR) is 72.8 cm³/mol. The first-order valence-corrected chi connectivity index (χ1v) is 6.22. The molecular formula is C14H12Cl2O2. The molecule has 2 N–H and O–H groups in total. The molecular weight excluding hydrogens is 271 g/mol. The molecule has 2 aromatic rings. The van der Waals surface area contributed by atoms with E-state index in [0.717, 1.165) is 0 Å². The Hall–Kier alpha value is -1.06. The van der Waals surface area contributed by atoms with Crippen molar-refractivity contribution in [1.29, 1.82) is 0 Å². The lowest BCUT2D eigenvalue weighted by molar-refractivity contribution is 0.0173. The lowest BCUT2D eigenvalue weighted by Crippen LogP contribution is -2.10. The number of aliphatic hydroxyl groups excluding tert-OH is 2. The molecule has 2 atom stereocenters. The van der Waals surface area contributed by atoms with E-state index in [9.17, 15) is 10.2 Å². The molecule has 0 spiro atoms.